The fraction of sp³-hybridized carbons (Fsp3) is 0.571. The highest BCUT2D eigenvalue weighted by atomic mass is 35.5. The summed E-state index contributed by atoms with van der Waals surface area (Å²) in [4.78, 5) is 7.07. The molecule has 3 heteroatoms. The summed E-state index contributed by atoms with van der Waals surface area (Å²) in [5, 5.41) is 0.602. The maximum atomic E-state index is 5.65. The molecule has 0 bridgehead atoms. The van der Waals surface area contributed by atoms with Gasteiger partial charge in [0, 0.05) is 5.41 Å². The lowest BCUT2D eigenvalue weighted by Gasteiger charge is -2.13. The summed E-state index contributed by atoms with van der Waals surface area (Å²) < 4.78 is 0. The molecule has 1 heterocycles. The average molecular weight is 159 g/mol. The van der Waals surface area contributed by atoms with E-state index in [1.165, 1.54) is 0 Å². The Morgan fingerprint density at radius 2 is 2.10 bits per heavy atom. The molecule has 0 aliphatic rings. The van der Waals surface area contributed by atoms with Gasteiger partial charge in [-0.3, -0.25) is 0 Å². The molecule has 10 heavy (non-hydrogen) atoms. The number of imidazole rings is 1. The number of H-pyrrole nitrogens is 1. The SMILES string of the molecule is CC(C)(C)c1ncc(Cl)[nH]1. The lowest BCUT2D eigenvalue weighted by atomic mass is 9.96. The summed E-state index contributed by atoms with van der Waals surface area (Å²) in [5.41, 5.74) is 0.0626. The minimum absolute atomic E-state index is 0.0626. The van der Waals surface area contributed by atoms with Gasteiger partial charge in [0.2, 0.25) is 0 Å². The van der Waals surface area contributed by atoms with Gasteiger partial charge in [-0.1, -0.05) is 32.4 Å². The van der Waals surface area contributed by atoms with Crippen LogP contribution in [0.4, 0.5) is 0 Å². The van der Waals surface area contributed by atoms with Crippen molar-refractivity contribution in [2.45, 2.75) is 26.2 Å². The monoisotopic (exact) mass is 158 g/mol. The minimum atomic E-state index is 0.0626. The van der Waals surface area contributed by atoms with Crippen molar-refractivity contribution < 1.29 is 0 Å². The molecule has 0 saturated heterocycles. The van der Waals surface area contributed by atoms with Crippen molar-refractivity contribution in [3.05, 3.63) is 17.2 Å². The molecule has 0 radical (unpaired) electrons. The van der Waals surface area contributed by atoms with Gasteiger partial charge in [0.05, 0.1) is 6.20 Å². The summed E-state index contributed by atoms with van der Waals surface area (Å²) in [6, 6.07) is 0. The maximum Gasteiger partial charge on any atom is 0.126 e. The van der Waals surface area contributed by atoms with Crippen LogP contribution in [0.3, 0.4) is 0 Å². The molecule has 0 aromatic carbocycles. The van der Waals surface area contributed by atoms with Gasteiger partial charge in [-0.05, 0) is 0 Å². The Labute approximate surface area is 65.6 Å². The molecule has 0 saturated carbocycles. The van der Waals surface area contributed by atoms with Crippen LogP contribution in [-0.2, 0) is 5.41 Å². The number of nitrogens with zero attached hydrogens (tertiary/aromatic N) is 1. The van der Waals surface area contributed by atoms with Crippen LogP contribution in [0.5, 0.6) is 0 Å². The molecular weight excluding hydrogens is 148 g/mol. The highest BCUT2D eigenvalue weighted by molar-refractivity contribution is 6.29. The molecule has 1 N–H and O–H groups in total. The summed E-state index contributed by atoms with van der Waals surface area (Å²) >= 11 is 5.65. The number of hydrogen-bond donors (Lipinski definition) is 1. The van der Waals surface area contributed by atoms with Gasteiger partial charge in [-0.25, -0.2) is 4.98 Å². The largest absolute Gasteiger partial charge is 0.333 e. The van der Waals surface area contributed by atoms with Crippen LogP contribution >= 0.6 is 11.6 Å². The van der Waals surface area contributed by atoms with Gasteiger partial charge in [0.25, 0.3) is 0 Å². The molecule has 0 aliphatic heterocycles. The van der Waals surface area contributed by atoms with Crippen LogP contribution in [0.1, 0.15) is 26.6 Å². The quantitative estimate of drug-likeness (QED) is 0.617. The first-order chi connectivity index (χ1) is 4.50. The Kier molecular flexibility index (Phi) is 1.73. The highest BCUT2D eigenvalue weighted by Gasteiger charge is 2.16. The van der Waals surface area contributed by atoms with E-state index in [2.05, 4.69) is 30.7 Å². The molecule has 0 aliphatic carbocycles. The maximum absolute atomic E-state index is 5.65. The Hall–Kier alpha value is -0.500. The van der Waals surface area contributed by atoms with Gasteiger partial charge in [0.15, 0.2) is 0 Å². The van der Waals surface area contributed by atoms with E-state index < -0.39 is 0 Å². The first-order valence-electron chi connectivity index (χ1n) is 3.21. The second kappa shape index (κ2) is 2.27. The third-order valence-corrected chi connectivity index (χ3v) is 1.45. The number of halogens is 1. The van der Waals surface area contributed by atoms with Crippen molar-refractivity contribution in [3.63, 3.8) is 0 Å². The van der Waals surface area contributed by atoms with Gasteiger partial charge < -0.3 is 4.98 Å². The summed E-state index contributed by atoms with van der Waals surface area (Å²) in [6.07, 6.45) is 1.63. The van der Waals surface area contributed by atoms with Gasteiger partial charge in [0.1, 0.15) is 11.0 Å². The van der Waals surface area contributed by atoms with E-state index in [1.807, 2.05) is 0 Å². The lowest BCUT2D eigenvalue weighted by molar-refractivity contribution is 0.552. The Morgan fingerprint density at radius 1 is 1.50 bits per heavy atom. The van der Waals surface area contributed by atoms with Crippen LogP contribution in [0.15, 0.2) is 6.20 Å². The first-order valence-corrected chi connectivity index (χ1v) is 3.59. The van der Waals surface area contributed by atoms with Crippen LogP contribution in [0, 0.1) is 0 Å². The second-order valence-electron chi connectivity index (χ2n) is 3.33. The Bertz CT molecular complexity index is 222. The van der Waals surface area contributed by atoms with E-state index >= 15 is 0 Å². The zero-order valence-electron chi connectivity index (χ0n) is 6.40. The van der Waals surface area contributed by atoms with E-state index in [1.54, 1.807) is 6.20 Å². The van der Waals surface area contributed by atoms with Gasteiger partial charge >= 0.3 is 0 Å². The third-order valence-electron chi connectivity index (χ3n) is 1.26. The topological polar surface area (TPSA) is 28.7 Å². The van der Waals surface area contributed by atoms with E-state index in [0.29, 0.717) is 5.15 Å². The molecule has 0 amide bonds. The van der Waals surface area contributed by atoms with Crippen LogP contribution in [0.2, 0.25) is 5.15 Å². The zero-order valence-corrected chi connectivity index (χ0v) is 7.16. The predicted octanol–water partition coefficient (Wildman–Crippen LogP) is 2.36. The van der Waals surface area contributed by atoms with E-state index in [4.69, 9.17) is 11.6 Å². The fourth-order valence-corrected chi connectivity index (χ4v) is 0.818. The van der Waals surface area contributed by atoms with E-state index in [9.17, 15) is 0 Å². The number of hydrogen-bond acceptors (Lipinski definition) is 1. The summed E-state index contributed by atoms with van der Waals surface area (Å²) in [6.45, 7) is 6.26. The average Bonchev–Trinajstić information content (AvgIpc) is 2.11. The van der Waals surface area contributed by atoms with Gasteiger partial charge in [-0.15, -0.1) is 0 Å². The molecular formula is C7H11ClN2. The summed E-state index contributed by atoms with van der Waals surface area (Å²) in [5.74, 6) is 0.928. The van der Waals surface area contributed by atoms with Crippen molar-refractivity contribution in [3.8, 4) is 0 Å². The van der Waals surface area contributed by atoms with Gasteiger partial charge in [-0.2, -0.15) is 0 Å². The Balaban J connectivity index is 2.96. The van der Waals surface area contributed by atoms with Crippen molar-refractivity contribution in [1.29, 1.82) is 0 Å². The van der Waals surface area contributed by atoms with Crippen molar-refractivity contribution in [2.75, 3.05) is 0 Å². The normalized spacial score (nSPS) is 12.0. The van der Waals surface area contributed by atoms with Crippen molar-refractivity contribution >= 4 is 11.6 Å². The van der Waals surface area contributed by atoms with E-state index in [0.717, 1.165) is 5.82 Å². The third kappa shape index (κ3) is 1.51. The second-order valence-corrected chi connectivity index (χ2v) is 3.74. The molecule has 56 valence electrons. The highest BCUT2D eigenvalue weighted by Crippen LogP contribution is 2.19. The predicted molar refractivity (Wildman–Crippen MR) is 42.3 cm³/mol. The molecule has 2 nitrogen and oxygen atoms in total. The fourth-order valence-electron chi connectivity index (χ4n) is 0.680. The van der Waals surface area contributed by atoms with Crippen LogP contribution in [0.25, 0.3) is 0 Å². The standard InChI is InChI=1S/C7H11ClN2/c1-7(2,3)6-9-4-5(8)10-6/h4H,1-3H3,(H,9,10). The number of aromatic amines is 1. The van der Waals surface area contributed by atoms with Crippen LogP contribution < -0.4 is 0 Å². The first kappa shape index (κ1) is 7.61. The molecule has 0 atom stereocenters. The number of nitrogens with one attached hydrogen (secondary N) is 1. The summed E-state index contributed by atoms with van der Waals surface area (Å²) in [7, 11) is 0. The lowest BCUT2D eigenvalue weighted by Crippen LogP contribution is -2.12. The molecule has 0 fully saturated rings. The smallest absolute Gasteiger partial charge is 0.126 e. The zero-order chi connectivity index (χ0) is 7.78. The van der Waals surface area contributed by atoms with Crippen molar-refractivity contribution in [1.82, 2.24) is 9.97 Å². The molecule has 0 spiro atoms. The molecule has 0 unspecified atom stereocenters. The Morgan fingerprint density at radius 3 is 2.30 bits per heavy atom. The minimum Gasteiger partial charge on any atom is -0.333 e. The van der Waals surface area contributed by atoms with E-state index in [-0.39, 0.29) is 5.41 Å². The molecule has 1 aromatic heterocycles. The molecule has 1 aromatic rings. The number of aromatic nitrogens is 2. The number of rotatable bonds is 0. The van der Waals surface area contributed by atoms with Crippen LogP contribution in [-0.4, -0.2) is 9.97 Å². The van der Waals surface area contributed by atoms with Crippen molar-refractivity contribution in [2.24, 2.45) is 0 Å². The molecule has 1 rings (SSSR count).